The fraction of sp³-hybridized carbons (Fsp3) is 0.133. The summed E-state index contributed by atoms with van der Waals surface area (Å²) in [5.41, 5.74) is 8.93. The average Bonchev–Trinajstić information content (AvgIpc) is 2.34. The Morgan fingerprint density at radius 1 is 1.21 bits per heavy atom. The summed E-state index contributed by atoms with van der Waals surface area (Å²) in [5.74, 6) is -0.959. The van der Waals surface area contributed by atoms with Crippen LogP contribution in [0, 0.1) is 13.8 Å². The zero-order valence-corrected chi connectivity index (χ0v) is 11.6. The van der Waals surface area contributed by atoms with Crippen LogP contribution >= 0.6 is 11.8 Å². The van der Waals surface area contributed by atoms with Crippen LogP contribution in [0.4, 0.5) is 5.69 Å². The lowest BCUT2D eigenvalue weighted by atomic mass is 10.2. The number of hydrogen-bond donors (Lipinski definition) is 2. The monoisotopic (exact) mass is 273 g/mol. The van der Waals surface area contributed by atoms with Crippen molar-refractivity contribution in [2.24, 2.45) is 0 Å². The second kappa shape index (κ2) is 5.36. The second-order valence-corrected chi connectivity index (χ2v) is 5.45. The molecule has 0 radical (unpaired) electrons. The van der Waals surface area contributed by atoms with Crippen LogP contribution in [0.1, 0.15) is 21.5 Å². The van der Waals surface area contributed by atoms with Gasteiger partial charge in [-0.05, 0) is 37.6 Å². The van der Waals surface area contributed by atoms with E-state index in [2.05, 4.69) is 6.07 Å². The summed E-state index contributed by atoms with van der Waals surface area (Å²) in [6, 6.07) is 11.0. The fourth-order valence-electron chi connectivity index (χ4n) is 1.86. The lowest BCUT2D eigenvalue weighted by Crippen LogP contribution is -2.01. The van der Waals surface area contributed by atoms with Gasteiger partial charge in [0.15, 0.2) is 0 Å². The van der Waals surface area contributed by atoms with Gasteiger partial charge in [-0.3, -0.25) is 0 Å². The fourth-order valence-corrected chi connectivity index (χ4v) is 2.89. The molecule has 2 rings (SSSR count). The Bertz CT molecular complexity index is 638. The number of aromatic carboxylic acids is 1. The molecule has 98 valence electrons. The Morgan fingerprint density at radius 3 is 2.58 bits per heavy atom. The summed E-state index contributed by atoms with van der Waals surface area (Å²) < 4.78 is 0. The number of rotatable bonds is 3. The van der Waals surface area contributed by atoms with Crippen molar-refractivity contribution < 1.29 is 9.90 Å². The number of carbonyl (C=O) groups is 1. The number of anilines is 1. The first-order chi connectivity index (χ1) is 8.99. The minimum Gasteiger partial charge on any atom is -0.478 e. The molecule has 0 atom stereocenters. The van der Waals surface area contributed by atoms with Crippen LogP contribution in [0.5, 0.6) is 0 Å². The van der Waals surface area contributed by atoms with Crippen molar-refractivity contribution >= 4 is 23.4 Å². The molecule has 3 nitrogen and oxygen atoms in total. The molecule has 0 aliphatic rings. The molecule has 0 aliphatic carbocycles. The first-order valence-electron chi connectivity index (χ1n) is 5.86. The number of nitrogen functional groups attached to an aromatic ring is 1. The zero-order chi connectivity index (χ0) is 14.0. The topological polar surface area (TPSA) is 63.3 Å². The molecular formula is C15H15NO2S. The van der Waals surface area contributed by atoms with Crippen LogP contribution < -0.4 is 5.73 Å². The van der Waals surface area contributed by atoms with E-state index in [1.54, 1.807) is 18.2 Å². The van der Waals surface area contributed by atoms with E-state index in [0.717, 1.165) is 10.5 Å². The number of nitrogens with two attached hydrogens (primary N) is 1. The van der Waals surface area contributed by atoms with Gasteiger partial charge in [-0.2, -0.15) is 0 Å². The van der Waals surface area contributed by atoms with Gasteiger partial charge in [0.2, 0.25) is 0 Å². The van der Waals surface area contributed by atoms with Crippen molar-refractivity contribution in [1.82, 2.24) is 0 Å². The molecule has 0 saturated heterocycles. The van der Waals surface area contributed by atoms with Gasteiger partial charge in [0, 0.05) is 15.5 Å². The Kier molecular flexibility index (Phi) is 3.81. The van der Waals surface area contributed by atoms with Crippen LogP contribution in [0.15, 0.2) is 46.2 Å². The van der Waals surface area contributed by atoms with Crippen molar-refractivity contribution in [3.05, 3.63) is 53.1 Å². The van der Waals surface area contributed by atoms with Crippen molar-refractivity contribution in [3.63, 3.8) is 0 Å². The second-order valence-electron chi connectivity index (χ2n) is 4.40. The molecule has 0 bridgehead atoms. The molecule has 0 heterocycles. The van der Waals surface area contributed by atoms with E-state index in [1.807, 2.05) is 26.0 Å². The molecule has 0 spiro atoms. The number of aryl methyl sites for hydroxylation is 2. The van der Waals surface area contributed by atoms with Crippen LogP contribution in [0.3, 0.4) is 0 Å². The predicted molar refractivity (Wildman–Crippen MR) is 77.9 cm³/mol. The smallest absolute Gasteiger partial charge is 0.336 e. The molecule has 0 unspecified atom stereocenters. The Labute approximate surface area is 116 Å². The van der Waals surface area contributed by atoms with E-state index in [4.69, 9.17) is 5.73 Å². The highest BCUT2D eigenvalue weighted by molar-refractivity contribution is 7.99. The zero-order valence-electron chi connectivity index (χ0n) is 10.8. The lowest BCUT2D eigenvalue weighted by Gasteiger charge is -2.11. The average molecular weight is 273 g/mol. The van der Waals surface area contributed by atoms with Crippen molar-refractivity contribution in [2.75, 3.05) is 5.73 Å². The first-order valence-corrected chi connectivity index (χ1v) is 6.67. The number of benzene rings is 2. The van der Waals surface area contributed by atoms with Crippen LogP contribution in [-0.4, -0.2) is 11.1 Å². The van der Waals surface area contributed by atoms with Gasteiger partial charge in [-0.1, -0.05) is 35.5 Å². The van der Waals surface area contributed by atoms with Crippen LogP contribution in [-0.2, 0) is 0 Å². The summed E-state index contributed by atoms with van der Waals surface area (Å²) >= 11 is 1.40. The maximum Gasteiger partial charge on any atom is 0.336 e. The number of hydrogen-bond acceptors (Lipinski definition) is 3. The number of carboxylic acid groups (broad SMARTS) is 1. The molecule has 0 aliphatic heterocycles. The van der Waals surface area contributed by atoms with Gasteiger partial charge in [0.25, 0.3) is 0 Å². The van der Waals surface area contributed by atoms with E-state index >= 15 is 0 Å². The van der Waals surface area contributed by atoms with Gasteiger partial charge in [-0.15, -0.1) is 0 Å². The van der Waals surface area contributed by atoms with Gasteiger partial charge >= 0.3 is 5.97 Å². The molecule has 0 aromatic heterocycles. The van der Waals surface area contributed by atoms with E-state index in [1.165, 1.54) is 17.3 Å². The molecule has 3 N–H and O–H groups in total. The third-order valence-electron chi connectivity index (χ3n) is 2.82. The normalized spacial score (nSPS) is 10.4. The van der Waals surface area contributed by atoms with Gasteiger partial charge < -0.3 is 10.8 Å². The highest BCUT2D eigenvalue weighted by Gasteiger charge is 2.14. The molecule has 0 saturated carbocycles. The van der Waals surface area contributed by atoms with Crippen molar-refractivity contribution in [2.45, 2.75) is 23.6 Å². The Balaban J connectivity index is 2.46. The van der Waals surface area contributed by atoms with E-state index in [9.17, 15) is 9.90 Å². The predicted octanol–water partition coefficient (Wildman–Crippen LogP) is 3.74. The number of carboxylic acids is 1. The van der Waals surface area contributed by atoms with Crippen LogP contribution in [0.25, 0.3) is 0 Å². The SMILES string of the molecule is Cc1ccc(Sc2c(N)cccc2C(=O)O)c(C)c1. The maximum atomic E-state index is 11.2. The maximum absolute atomic E-state index is 11.2. The van der Waals surface area contributed by atoms with Crippen molar-refractivity contribution in [3.8, 4) is 0 Å². The Hall–Kier alpha value is -1.94. The first kappa shape index (κ1) is 13.5. The van der Waals surface area contributed by atoms with E-state index < -0.39 is 5.97 Å². The minimum absolute atomic E-state index is 0.241. The third kappa shape index (κ3) is 2.90. The minimum atomic E-state index is -0.959. The van der Waals surface area contributed by atoms with E-state index in [0.29, 0.717) is 10.6 Å². The van der Waals surface area contributed by atoms with Gasteiger partial charge in [0.1, 0.15) is 0 Å². The summed E-state index contributed by atoms with van der Waals surface area (Å²) in [6.07, 6.45) is 0. The molecule has 0 fully saturated rings. The van der Waals surface area contributed by atoms with E-state index in [-0.39, 0.29) is 5.56 Å². The van der Waals surface area contributed by atoms with Gasteiger partial charge in [-0.25, -0.2) is 4.79 Å². The summed E-state index contributed by atoms with van der Waals surface area (Å²) in [7, 11) is 0. The van der Waals surface area contributed by atoms with Crippen LogP contribution in [0.2, 0.25) is 0 Å². The quantitative estimate of drug-likeness (QED) is 0.836. The highest BCUT2D eigenvalue weighted by Crippen LogP contribution is 2.36. The Morgan fingerprint density at radius 2 is 1.95 bits per heavy atom. The lowest BCUT2D eigenvalue weighted by molar-refractivity contribution is 0.0693. The molecule has 0 amide bonds. The van der Waals surface area contributed by atoms with Gasteiger partial charge in [0.05, 0.1) is 5.56 Å². The molecule has 19 heavy (non-hydrogen) atoms. The summed E-state index contributed by atoms with van der Waals surface area (Å²) in [6.45, 7) is 4.04. The summed E-state index contributed by atoms with van der Waals surface area (Å²) in [4.78, 5) is 12.9. The highest BCUT2D eigenvalue weighted by atomic mass is 32.2. The van der Waals surface area contributed by atoms with Crippen molar-refractivity contribution in [1.29, 1.82) is 0 Å². The molecule has 2 aromatic carbocycles. The molecular weight excluding hydrogens is 258 g/mol. The summed E-state index contributed by atoms with van der Waals surface area (Å²) in [5, 5.41) is 9.21. The molecule has 4 heteroatoms. The molecule has 2 aromatic rings. The third-order valence-corrected chi connectivity index (χ3v) is 4.16. The standard InChI is InChI=1S/C15H15NO2S/c1-9-6-7-13(10(2)8-9)19-14-11(15(17)18)4-3-5-12(14)16/h3-8H,16H2,1-2H3,(H,17,18). The largest absolute Gasteiger partial charge is 0.478 e.